The Labute approximate surface area is 160 Å². The van der Waals surface area contributed by atoms with Gasteiger partial charge in [-0.25, -0.2) is 4.99 Å². The summed E-state index contributed by atoms with van der Waals surface area (Å²) in [4.78, 5) is 4.43. The van der Waals surface area contributed by atoms with Gasteiger partial charge in [0.15, 0.2) is 17.5 Å². The molecule has 0 spiro atoms. The Bertz CT molecular complexity index is 582. The van der Waals surface area contributed by atoms with Gasteiger partial charge in [0, 0.05) is 18.6 Å². The summed E-state index contributed by atoms with van der Waals surface area (Å²) in [6.07, 6.45) is 3.80. The molecule has 1 saturated carbocycles. The van der Waals surface area contributed by atoms with Crippen LogP contribution in [0.1, 0.15) is 24.8 Å². The Morgan fingerprint density at radius 3 is 2.83 bits per heavy atom. The van der Waals surface area contributed by atoms with Gasteiger partial charge in [-0.3, -0.25) is 0 Å². The fraction of sp³-hybridized carbons (Fsp3) is 0.588. The van der Waals surface area contributed by atoms with Gasteiger partial charge in [-0.2, -0.15) is 0 Å². The number of nitrogens with two attached hydrogens (primary N) is 1. The van der Waals surface area contributed by atoms with Gasteiger partial charge in [-0.15, -0.1) is 24.0 Å². The van der Waals surface area contributed by atoms with Crippen LogP contribution >= 0.6 is 24.0 Å². The Kier molecular flexibility index (Phi) is 6.97. The van der Waals surface area contributed by atoms with Gasteiger partial charge in [-0.1, -0.05) is 6.07 Å². The second kappa shape index (κ2) is 8.75. The molecule has 24 heavy (non-hydrogen) atoms. The highest BCUT2D eigenvalue weighted by Gasteiger charge is 2.43. The first-order valence-corrected chi connectivity index (χ1v) is 8.10. The topological polar surface area (TPSA) is 78.1 Å². The van der Waals surface area contributed by atoms with Crippen molar-refractivity contribution in [3.05, 3.63) is 23.8 Å². The number of nitrogens with one attached hydrogen (secondary N) is 1. The van der Waals surface area contributed by atoms with Crippen LogP contribution in [-0.2, 0) is 11.3 Å². The molecular formula is C17H26IN3O3. The standard InChI is InChI=1S/C17H25N3O3.HI/c1-21-14-6-5-11(8-16(14)22-2)10-19-17(18)20-13-9-15-12(13)4-3-7-23-15;/h5-6,8,12-13,15H,3-4,7,9-10H2,1-2H3,(H3,18,19,20);1H. The fourth-order valence-corrected chi connectivity index (χ4v) is 3.35. The van der Waals surface area contributed by atoms with E-state index >= 15 is 0 Å². The van der Waals surface area contributed by atoms with E-state index in [0.717, 1.165) is 25.0 Å². The van der Waals surface area contributed by atoms with Crippen LogP contribution < -0.4 is 20.5 Å². The molecule has 1 aromatic rings. The zero-order chi connectivity index (χ0) is 16.2. The molecule has 2 fully saturated rings. The molecule has 6 nitrogen and oxygen atoms in total. The largest absolute Gasteiger partial charge is 0.493 e. The summed E-state index contributed by atoms with van der Waals surface area (Å²) in [6.45, 7) is 1.41. The highest BCUT2D eigenvalue weighted by atomic mass is 127. The van der Waals surface area contributed by atoms with Crippen LogP contribution in [0.4, 0.5) is 0 Å². The third-order valence-electron chi connectivity index (χ3n) is 4.71. The number of hydrogen-bond donors (Lipinski definition) is 2. The molecule has 3 atom stereocenters. The predicted octanol–water partition coefficient (Wildman–Crippen LogP) is 2.29. The second-order valence-electron chi connectivity index (χ2n) is 6.09. The number of ether oxygens (including phenoxy) is 3. The van der Waals surface area contributed by atoms with Gasteiger partial charge in [0.2, 0.25) is 0 Å². The maximum Gasteiger partial charge on any atom is 0.189 e. The van der Waals surface area contributed by atoms with Crippen molar-refractivity contribution < 1.29 is 14.2 Å². The van der Waals surface area contributed by atoms with Crippen LogP contribution in [0.25, 0.3) is 0 Å². The van der Waals surface area contributed by atoms with E-state index in [9.17, 15) is 0 Å². The molecule has 0 aromatic heterocycles. The van der Waals surface area contributed by atoms with Crippen molar-refractivity contribution in [3.8, 4) is 11.5 Å². The fourth-order valence-electron chi connectivity index (χ4n) is 3.35. The highest BCUT2D eigenvalue weighted by molar-refractivity contribution is 14.0. The zero-order valence-corrected chi connectivity index (χ0v) is 16.5. The highest BCUT2D eigenvalue weighted by Crippen LogP contribution is 2.37. The van der Waals surface area contributed by atoms with E-state index in [1.807, 2.05) is 18.2 Å². The number of hydrogen-bond acceptors (Lipinski definition) is 4. The zero-order valence-electron chi connectivity index (χ0n) is 14.2. The summed E-state index contributed by atoms with van der Waals surface area (Å²) in [6, 6.07) is 6.16. The first kappa shape index (κ1) is 19.1. The van der Waals surface area contributed by atoms with E-state index < -0.39 is 0 Å². The minimum Gasteiger partial charge on any atom is -0.493 e. The van der Waals surface area contributed by atoms with Crippen molar-refractivity contribution in [2.75, 3.05) is 20.8 Å². The summed E-state index contributed by atoms with van der Waals surface area (Å²) < 4.78 is 16.3. The van der Waals surface area contributed by atoms with Crippen molar-refractivity contribution in [1.29, 1.82) is 0 Å². The second-order valence-corrected chi connectivity index (χ2v) is 6.09. The van der Waals surface area contributed by atoms with Crippen LogP contribution in [-0.4, -0.2) is 38.9 Å². The lowest BCUT2D eigenvalue weighted by Crippen LogP contribution is -2.59. The Balaban J connectivity index is 0.00000208. The number of guanidine groups is 1. The summed E-state index contributed by atoms with van der Waals surface area (Å²) in [7, 11) is 3.25. The van der Waals surface area contributed by atoms with Crippen LogP contribution in [0.2, 0.25) is 0 Å². The number of methoxy groups -OCH3 is 2. The van der Waals surface area contributed by atoms with E-state index in [-0.39, 0.29) is 24.0 Å². The molecule has 7 heteroatoms. The smallest absolute Gasteiger partial charge is 0.189 e. The van der Waals surface area contributed by atoms with E-state index in [4.69, 9.17) is 19.9 Å². The van der Waals surface area contributed by atoms with Gasteiger partial charge in [0.25, 0.3) is 0 Å². The first-order chi connectivity index (χ1) is 11.2. The van der Waals surface area contributed by atoms with Gasteiger partial charge < -0.3 is 25.3 Å². The average molecular weight is 447 g/mol. The molecule has 0 bridgehead atoms. The molecule has 0 radical (unpaired) electrons. The third-order valence-corrected chi connectivity index (χ3v) is 4.71. The van der Waals surface area contributed by atoms with Crippen LogP contribution in [0.15, 0.2) is 23.2 Å². The molecular weight excluding hydrogens is 421 g/mol. The van der Waals surface area contributed by atoms with Crippen molar-refractivity contribution in [3.63, 3.8) is 0 Å². The van der Waals surface area contributed by atoms with Crippen molar-refractivity contribution in [1.82, 2.24) is 5.32 Å². The normalized spacial score (nSPS) is 25.8. The first-order valence-electron chi connectivity index (χ1n) is 8.10. The summed E-state index contributed by atoms with van der Waals surface area (Å²) in [5, 5.41) is 3.33. The molecule has 1 aliphatic carbocycles. The molecule has 1 saturated heterocycles. The summed E-state index contributed by atoms with van der Waals surface area (Å²) >= 11 is 0. The number of benzene rings is 1. The number of rotatable bonds is 5. The predicted molar refractivity (Wildman–Crippen MR) is 104 cm³/mol. The summed E-state index contributed by atoms with van der Waals surface area (Å²) in [5.74, 6) is 2.49. The maximum atomic E-state index is 6.02. The maximum absolute atomic E-state index is 6.02. The van der Waals surface area contributed by atoms with Crippen LogP contribution in [0, 0.1) is 5.92 Å². The number of fused-ring (bicyclic) bond motifs is 1. The quantitative estimate of drug-likeness (QED) is 0.412. The molecule has 134 valence electrons. The number of nitrogens with zero attached hydrogens (tertiary/aromatic N) is 1. The van der Waals surface area contributed by atoms with Crippen molar-refractivity contribution >= 4 is 29.9 Å². The SMILES string of the molecule is COc1ccc(CN=C(N)NC2CC3OCCCC23)cc1OC.I. The van der Waals surface area contributed by atoms with Gasteiger partial charge in [0.1, 0.15) is 0 Å². The molecule has 0 amide bonds. The van der Waals surface area contributed by atoms with Gasteiger partial charge in [0.05, 0.1) is 26.9 Å². The van der Waals surface area contributed by atoms with Crippen molar-refractivity contribution in [2.45, 2.75) is 38.0 Å². The number of aliphatic imine (C=N–C) groups is 1. The molecule has 2 aliphatic rings. The molecule has 3 rings (SSSR count). The lowest BCUT2D eigenvalue weighted by atomic mass is 9.72. The Morgan fingerprint density at radius 1 is 1.33 bits per heavy atom. The number of halogens is 1. The van der Waals surface area contributed by atoms with Crippen LogP contribution in [0.3, 0.4) is 0 Å². The third kappa shape index (κ3) is 4.24. The molecule has 3 unspecified atom stereocenters. The lowest BCUT2D eigenvalue weighted by Gasteiger charge is -2.47. The van der Waals surface area contributed by atoms with E-state index in [1.54, 1.807) is 14.2 Å². The van der Waals surface area contributed by atoms with Gasteiger partial charge in [-0.05, 0) is 37.0 Å². The molecule has 1 heterocycles. The Hall–Kier alpha value is -1.22. The molecule has 1 aromatic carbocycles. The lowest BCUT2D eigenvalue weighted by molar-refractivity contribution is -0.0989. The van der Waals surface area contributed by atoms with E-state index in [1.165, 1.54) is 6.42 Å². The molecule has 3 N–H and O–H groups in total. The minimum absolute atomic E-state index is 0. The Morgan fingerprint density at radius 2 is 2.12 bits per heavy atom. The minimum atomic E-state index is 0. The summed E-state index contributed by atoms with van der Waals surface area (Å²) in [5.41, 5.74) is 7.05. The van der Waals surface area contributed by atoms with E-state index in [2.05, 4.69) is 10.3 Å². The van der Waals surface area contributed by atoms with Crippen molar-refractivity contribution in [2.24, 2.45) is 16.6 Å². The van der Waals surface area contributed by atoms with E-state index in [0.29, 0.717) is 42.1 Å². The van der Waals surface area contributed by atoms with Crippen LogP contribution in [0.5, 0.6) is 11.5 Å². The average Bonchev–Trinajstić information content (AvgIpc) is 2.57. The molecule has 1 aliphatic heterocycles. The monoisotopic (exact) mass is 447 g/mol. The van der Waals surface area contributed by atoms with Gasteiger partial charge >= 0.3 is 0 Å².